The Morgan fingerprint density at radius 3 is 2.88 bits per heavy atom. The van der Waals surface area contributed by atoms with E-state index in [1.165, 1.54) is 6.42 Å². The molecule has 2 aliphatic rings. The number of amides is 1. The Hall–Kier alpha value is -0.610. The molecule has 2 heterocycles. The molecule has 2 saturated heterocycles. The molecule has 4 heteroatoms. The van der Waals surface area contributed by atoms with E-state index in [9.17, 15) is 4.79 Å². The third-order valence-corrected chi connectivity index (χ3v) is 4.03. The van der Waals surface area contributed by atoms with Crippen LogP contribution in [-0.4, -0.2) is 42.6 Å². The Morgan fingerprint density at radius 1 is 1.41 bits per heavy atom. The summed E-state index contributed by atoms with van der Waals surface area (Å²) < 4.78 is 5.75. The first-order valence-corrected chi connectivity index (χ1v) is 6.75. The third kappa shape index (κ3) is 2.80. The largest absolute Gasteiger partial charge is 0.378 e. The first-order valence-electron chi connectivity index (χ1n) is 6.75. The van der Waals surface area contributed by atoms with E-state index in [0.717, 1.165) is 32.5 Å². The highest BCUT2D eigenvalue weighted by Gasteiger charge is 2.35. The average molecular weight is 240 g/mol. The fourth-order valence-electron chi connectivity index (χ4n) is 2.78. The van der Waals surface area contributed by atoms with Gasteiger partial charge in [0, 0.05) is 25.6 Å². The van der Waals surface area contributed by atoms with E-state index < -0.39 is 0 Å². The number of carbonyl (C=O) groups is 1. The zero-order valence-electron chi connectivity index (χ0n) is 10.9. The maximum absolute atomic E-state index is 12.2. The standard InChI is InChI=1S/C13H24N2O2/c1-9(2)12(14)13(16)15-6-5-11-10(8-15)4-3-7-17-11/h9-12H,3-8,14H2,1-2H3/t10-,11+,12+/m1/s1. The van der Waals surface area contributed by atoms with E-state index in [1.807, 2.05) is 18.7 Å². The molecule has 3 atom stereocenters. The Morgan fingerprint density at radius 2 is 2.18 bits per heavy atom. The molecule has 0 bridgehead atoms. The summed E-state index contributed by atoms with van der Waals surface area (Å²) in [5.41, 5.74) is 5.94. The number of ether oxygens (including phenoxy) is 1. The highest BCUT2D eigenvalue weighted by atomic mass is 16.5. The molecule has 0 spiro atoms. The van der Waals surface area contributed by atoms with E-state index in [0.29, 0.717) is 12.0 Å². The van der Waals surface area contributed by atoms with Crippen molar-refractivity contribution >= 4 is 5.91 Å². The van der Waals surface area contributed by atoms with Crippen LogP contribution in [0, 0.1) is 11.8 Å². The number of fused-ring (bicyclic) bond motifs is 1. The van der Waals surface area contributed by atoms with Crippen LogP contribution in [0.15, 0.2) is 0 Å². The van der Waals surface area contributed by atoms with Gasteiger partial charge in [0.2, 0.25) is 5.91 Å². The average Bonchev–Trinajstić information content (AvgIpc) is 2.36. The van der Waals surface area contributed by atoms with Gasteiger partial charge in [-0.2, -0.15) is 0 Å². The molecule has 0 aromatic carbocycles. The van der Waals surface area contributed by atoms with E-state index >= 15 is 0 Å². The quantitative estimate of drug-likeness (QED) is 0.783. The number of hydrogen-bond donors (Lipinski definition) is 1. The van der Waals surface area contributed by atoms with Crippen molar-refractivity contribution in [3.05, 3.63) is 0 Å². The zero-order valence-corrected chi connectivity index (χ0v) is 10.9. The molecule has 0 aromatic heterocycles. The van der Waals surface area contributed by atoms with Crippen molar-refractivity contribution in [2.45, 2.75) is 45.3 Å². The van der Waals surface area contributed by atoms with E-state index in [4.69, 9.17) is 10.5 Å². The normalized spacial score (nSPS) is 31.2. The minimum Gasteiger partial charge on any atom is -0.378 e. The number of nitrogens with zero attached hydrogens (tertiary/aromatic N) is 1. The lowest BCUT2D eigenvalue weighted by atomic mass is 9.88. The molecular formula is C13H24N2O2. The minimum absolute atomic E-state index is 0.115. The lowest BCUT2D eigenvalue weighted by Crippen LogP contribution is -2.53. The summed E-state index contributed by atoms with van der Waals surface area (Å²) in [6.07, 6.45) is 3.66. The number of nitrogens with two attached hydrogens (primary N) is 1. The fourth-order valence-corrected chi connectivity index (χ4v) is 2.78. The van der Waals surface area contributed by atoms with Crippen LogP contribution < -0.4 is 5.73 Å². The van der Waals surface area contributed by atoms with Crippen molar-refractivity contribution in [1.82, 2.24) is 4.90 Å². The second kappa shape index (κ2) is 5.36. The number of carbonyl (C=O) groups excluding carboxylic acids is 1. The zero-order chi connectivity index (χ0) is 12.4. The second-order valence-corrected chi connectivity index (χ2v) is 5.65. The first kappa shape index (κ1) is 12.8. The predicted octanol–water partition coefficient (Wildman–Crippen LogP) is 0.997. The van der Waals surface area contributed by atoms with Crippen LogP contribution in [-0.2, 0) is 9.53 Å². The molecule has 1 amide bonds. The number of likely N-dealkylation sites (tertiary alicyclic amines) is 1. The molecule has 2 N–H and O–H groups in total. The molecule has 0 saturated carbocycles. The summed E-state index contributed by atoms with van der Waals surface area (Å²) in [5.74, 6) is 0.854. The van der Waals surface area contributed by atoms with E-state index in [-0.39, 0.29) is 17.9 Å². The van der Waals surface area contributed by atoms with Crippen molar-refractivity contribution in [2.24, 2.45) is 17.6 Å². The molecule has 2 rings (SSSR count). The van der Waals surface area contributed by atoms with Crippen LogP contribution in [0.25, 0.3) is 0 Å². The van der Waals surface area contributed by atoms with Gasteiger partial charge in [-0.3, -0.25) is 4.79 Å². The lowest BCUT2D eigenvalue weighted by molar-refractivity contribution is -0.140. The number of rotatable bonds is 2. The molecule has 0 aromatic rings. The van der Waals surface area contributed by atoms with Gasteiger partial charge in [0.1, 0.15) is 0 Å². The van der Waals surface area contributed by atoms with Crippen molar-refractivity contribution in [2.75, 3.05) is 19.7 Å². The molecule has 0 unspecified atom stereocenters. The molecule has 0 aliphatic carbocycles. The summed E-state index contributed by atoms with van der Waals surface area (Å²) in [6.45, 7) is 6.53. The topological polar surface area (TPSA) is 55.6 Å². The molecule has 2 aliphatic heterocycles. The van der Waals surface area contributed by atoms with Gasteiger partial charge in [-0.1, -0.05) is 13.8 Å². The van der Waals surface area contributed by atoms with Crippen LogP contribution in [0.3, 0.4) is 0 Å². The third-order valence-electron chi connectivity index (χ3n) is 4.03. The molecule has 2 fully saturated rings. The Bertz CT molecular complexity index is 281. The van der Waals surface area contributed by atoms with Gasteiger partial charge in [0.05, 0.1) is 12.1 Å². The molecule has 17 heavy (non-hydrogen) atoms. The fraction of sp³-hybridized carbons (Fsp3) is 0.923. The van der Waals surface area contributed by atoms with Gasteiger partial charge < -0.3 is 15.4 Å². The van der Waals surface area contributed by atoms with Crippen LogP contribution in [0.4, 0.5) is 0 Å². The van der Waals surface area contributed by atoms with Crippen molar-refractivity contribution in [1.29, 1.82) is 0 Å². The second-order valence-electron chi connectivity index (χ2n) is 5.65. The summed E-state index contributed by atoms with van der Waals surface area (Å²) in [5, 5.41) is 0. The van der Waals surface area contributed by atoms with Gasteiger partial charge in [0.15, 0.2) is 0 Å². The number of piperidine rings is 1. The lowest BCUT2D eigenvalue weighted by Gasteiger charge is -2.42. The van der Waals surface area contributed by atoms with E-state index in [2.05, 4.69) is 0 Å². The Kier molecular flexibility index (Phi) is 4.05. The summed E-state index contributed by atoms with van der Waals surface area (Å²) in [7, 11) is 0. The Balaban J connectivity index is 1.93. The van der Waals surface area contributed by atoms with Crippen LogP contribution in [0.5, 0.6) is 0 Å². The van der Waals surface area contributed by atoms with Gasteiger partial charge in [0.25, 0.3) is 0 Å². The van der Waals surface area contributed by atoms with Crippen molar-refractivity contribution in [3.63, 3.8) is 0 Å². The summed E-state index contributed by atoms with van der Waals surface area (Å²) in [6, 6.07) is -0.351. The first-order chi connectivity index (χ1) is 8.09. The highest BCUT2D eigenvalue weighted by Crippen LogP contribution is 2.28. The summed E-state index contributed by atoms with van der Waals surface area (Å²) >= 11 is 0. The van der Waals surface area contributed by atoms with Gasteiger partial charge in [-0.25, -0.2) is 0 Å². The van der Waals surface area contributed by atoms with Crippen LogP contribution in [0.1, 0.15) is 33.1 Å². The highest BCUT2D eigenvalue weighted by molar-refractivity contribution is 5.82. The van der Waals surface area contributed by atoms with Gasteiger partial charge in [-0.05, 0) is 25.2 Å². The van der Waals surface area contributed by atoms with Gasteiger partial charge in [-0.15, -0.1) is 0 Å². The van der Waals surface area contributed by atoms with Gasteiger partial charge >= 0.3 is 0 Å². The molecule has 98 valence electrons. The van der Waals surface area contributed by atoms with Crippen molar-refractivity contribution < 1.29 is 9.53 Å². The van der Waals surface area contributed by atoms with Crippen LogP contribution >= 0.6 is 0 Å². The maximum Gasteiger partial charge on any atom is 0.239 e. The van der Waals surface area contributed by atoms with E-state index in [1.54, 1.807) is 0 Å². The Labute approximate surface area is 103 Å². The smallest absolute Gasteiger partial charge is 0.239 e. The SMILES string of the molecule is CC(C)[C@H](N)C(=O)N1CC[C@@H]2OCCC[C@@H]2C1. The van der Waals surface area contributed by atoms with Crippen LogP contribution in [0.2, 0.25) is 0 Å². The molecule has 0 radical (unpaired) electrons. The predicted molar refractivity (Wildman–Crippen MR) is 66.5 cm³/mol. The van der Waals surface area contributed by atoms with Crippen molar-refractivity contribution in [3.8, 4) is 0 Å². The number of hydrogen-bond acceptors (Lipinski definition) is 3. The molecular weight excluding hydrogens is 216 g/mol. The summed E-state index contributed by atoms with van der Waals surface area (Å²) in [4.78, 5) is 14.1. The maximum atomic E-state index is 12.2. The minimum atomic E-state index is -0.351. The molecule has 4 nitrogen and oxygen atoms in total. The monoisotopic (exact) mass is 240 g/mol.